The fraction of sp³-hybridized carbons (Fsp3) is 0.750. The molecule has 0 heterocycles. The van der Waals surface area contributed by atoms with Gasteiger partial charge in [-0.3, -0.25) is 4.79 Å². The highest BCUT2D eigenvalue weighted by Crippen LogP contribution is 2.05. The number of unbranched alkanes of at least 4 members (excludes halogenated alkanes) is 4. The lowest BCUT2D eigenvalue weighted by Gasteiger charge is -2.01. The average molecular weight is 198 g/mol. The molecule has 82 valence electrons. The van der Waals surface area contributed by atoms with E-state index >= 15 is 0 Å². The first-order valence-electron chi connectivity index (χ1n) is 5.45. The fourth-order valence-electron chi connectivity index (χ4n) is 1.19. The molecule has 0 bridgehead atoms. The molecule has 0 aliphatic heterocycles. The first kappa shape index (κ1) is 13.2. The molecule has 0 radical (unpaired) electrons. The molecule has 0 rings (SSSR count). The van der Waals surface area contributed by atoms with Crippen LogP contribution in [0.25, 0.3) is 0 Å². The van der Waals surface area contributed by atoms with Gasteiger partial charge in [-0.1, -0.05) is 32.3 Å². The monoisotopic (exact) mass is 198 g/mol. The molecule has 0 amide bonds. The van der Waals surface area contributed by atoms with E-state index in [-0.39, 0.29) is 5.97 Å². The molecule has 2 heteroatoms. The lowest BCUT2D eigenvalue weighted by Crippen LogP contribution is -2.01. The van der Waals surface area contributed by atoms with Gasteiger partial charge >= 0.3 is 5.97 Å². The van der Waals surface area contributed by atoms with Crippen molar-refractivity contribution in [2.24, 2.45) is 0 Å². The standard InChI is InChI=1S/C12H22O2/c1-4-5-6-7-8-9-11(2)10-14-12(3)13/h9H,4-8,10H2,1-3H3/b11-9+. The van der Waals surface area contributed by atoms with Gasteiger partial charge in [-0.2, -0.15) is 0 Å². The Bertz CT molecular complexity index is 183. The van der Waals surface area contributed by atoms with Crippen LogP contribution in [0, 0.1) is 0 Å². The summed E-state index contributed by atoms with van der Waals surface area (Å²) in [5, 5.41) is 0. The van der Waals surface area contributed by atoms with E-state index in [0.717, 1.165) is 12.0 Å². The third-order valence-electron chi connectivity index (χ3n) is 2.05. The average Bonchev–Trinajstić information content (AvgIpc) is 2.14. The van der Waals surface area contributed by atoms with Crippen LogP contribution in [0.5, 0.6) is 0 Å². The SMILES string of the molecule is CCCCCC/C=C(\C)COC(C)=O. The molecular weight excluding hydrogens is 176 g/mol. The molecule has 0 spiro atoms. The van der Waals surface area contributed by atoms with Gasteiger partial charge in [-0.15, -0.1) is 0 Å². The number of carbonyl (C=O) groups excluding carboxylic acids is 1. The second kappa shape index (κ2) is 8.79. The Kier molecular flexibility index (Phi) is 8.30. The van der Waals surface area contributed by atoms with Crippen molar-refractivity contribution in [1.29, 1.82) is 0 Å². The lowest BCUT2D eigenvalue weighted by atomic mass is 10.1. The van der Waals surface area contributed by atoms with Crippen LogP contribution in [-0.2, 0) is 9.53 Å². The quantitative estimate of drug-likeness (QED) is 0.356. The maximum absolute atomic E-state index is 10.5. The Morgan fingerprint density at radius 1 is 1.21 bits per heavy atom. The maximum Gasteiger partial charge on any atom is 0.302 e. The molecule has 0 aliphatic carbocycles. The van der Waals surface area contributed by atoms with Crippen molar-refractivity contribution in [2.75, 3.05) is 6.61 Å². The van der Waals surface area contributed by atoms with E-state index in [9.17, 15) is 4.79 Å². The zero-order chi connectivity index (χ0) is 10.8. The van der Waals surface area contributed by atoms with Gasteiger partial charge in [0.05, 0.1) is 0 Å². The summed E-state index contributed by atoms with van der Waals surface area (Å²) in [5.41, 5.74) is 1.15. The highest BCUT2D eigenvalue weighted by Gasteiger charge is 1.93. The molecule has 0 aromatic heterocycles. The summed E-state index contributed by atoms with van der Waals surface area (Å²) < 4.78 is 4.87. The normalized spacial score (nSPS) is 11.5. The summed E-state index contributed by atoms with van der Waals surface area (Å²) in [7, 11) is 0. The zero-order valence-corrected chi connectivity index (χ0v) is 9.64. The van der Waals surface area contributed by atoms with E-state index in [1.54, 1.807) is 0 Å². The summed E-state index contributed by atoms with van der Waals surface area (Å²) in [5.74, 6) is -0.205. The molecule has 0 aromatic carbocycles. The number of rotatable bonds is 7. The van der Waals surface area contributed by atoms with Crippen molar-refractivity contribution in [3.63, 3.8) is 0 Å². The van der Waals surface area contributed by atoms with Crippen molar-refractivity contribution in [3.8, 4) is 0 Å². The lowest BCUT2D eigenvalue weighted by molar-refractivity contribution is -0.139. The largest absolute Gasteiger partial charge is 0.461 e. The third kappa shape index (κ3) is 9.30. The summed E-state index contributed by atoms with van der Waals surface area (Å²) in [4.78, 5) is 10.5. The Hall–Kier alpha value is -0.790. The van der Waals surface area contributed by atoms with Crippen LogP contribution in [0.4, 0.5) is 0 Å². The predicted molar refractivity (Wildman–Crippen MR) is 59.1 cm³/mol. The van der Waals surface area contributed by atoms with Crippen molar-refractivity contribution < 1.29 is 9.53 Å². The highest BCUT2D eigenvalue weighted by atomic mass is 16.5. The van der Waals surface area contributed by atoms with E-state index in [1.165, 1.54) is 32.6 Å². The van der Waals surface area contributed by atoms with E-state index in [0.29, 0.717) is 6.61 Å². The van der Waals surface area contributed by atoms with Crippen molar-refractivity contribution in [2.45, 2.75) is 52.9 Å². The number of hydrogen-bond acceptors (Lipinski definition) is 2. The van der Waals surface area contributed by atoms with Gasteiger partial charge in [-0.05, 0) is 25.3 Å². The van der Waals surface area contributed by atoms with E-state index < -0.39 is 0 Å². The van der Waals surface area contributed by atoms with Crippen molar-refractivity contribution in [1.82, 2.24) is 0 Å². The number of allylic oxidation sites excluding steroid dienone is 1. The molecule has 2 nitrogen and oxygen atoms in total. The Labute approximate surface area is 87.3 Å². The van der Waals surface area contributed by atoms with Crippen molar-refractivity contribution >= 4 is 5.97 Å². The van der Waals surface area contributed by atoms with E-state index in [1.807, 2.05) is 6.92 Å². The van der Waals surface area contributed by atoms with Crippen LogP contribution in [-0.4, -0.2) is 12.6 Å². The molecular formula is C12H22O2. The molecule has 0 atom stereocenters. The van der Waals surface area contributed by atoms with Gasteiger partial charge in [-0.25, -0.2) is 0 Å². The van der Waals surface area contributed by atoms with Crippen LogP contribution in [0.15, 0.2) is 11.6 Å². The third-order valence-corrected chi connectivity index (χ3v) is 2.05. The fourth-order valence-corrected chi connectivity index (χ4v) is 1.19. The van der Waals surface area contributed by atoms with E-state index in [2.05, 4.69) is 13.0 Å². The van der Waals surface area contributed by atoms with Gasteiger partial charge in [0.15, 0.2) is 0 Å². The highest BCUT2D eigenvalue weighted by molar-refractivity contribution is 5.66. The van der Waals surface area contributed by atoms with Gasteiger partial charge in [0, 0.05) is 6.92 Å². The molecule has 0 aromatic rings. The molecule has 0 N–H and O–H groups in total. The first-order chi connectivity index (χ1) is 6.66. The summed E-state index contributed by atoms with van der Waals surface area (Å²) in [6.45, 7) is 6.10. The minimum absolute atomic E-state index is 0.205. The number of esters is 1. The van der Waals surface area contributed by atoms with Crippen LogP contribution in [0.1, 0.15) is 52.9 Å². The molecule has 0 unspecified atom stereocenters. The Balaban J connectivity index is 3.41. The maximum atomic E-state index is 10.5. The minimum Gasteiger partial charge on any atom is -0.461 e. The van der Waals surface area contributed by atoms with E-state index in [4.69, 9.17) is 4.74 Å². The second-order valence-corrected chi connectivity index (χ2v) is 3.68. The smallest absolute Gasteiger partial charge is 0.302 e. The molecule has 0 saturated carbocycles. The molecule has 0 fully saturated rings. The predicted octanol–water partition coefficient (Wildman–Crippen LogP) is 3.47. The number of hydrogen-bond donors (Lipinski definition) is 0. The second-order valence-electron chi connectivity index (χ2n) is 3.68. The van der Waals surface area contributed by atoms with Crippen molar-refractivity contribution in [3.05, 3.63) is 11.6 Å². The first-order valence-corrected chi connectivity index (χ1v) is 5.45. The summed E-state index contributed by atoms with van der Waals surface area (Å²) in [6, 6.07) is 0. The van der Waals surface area contributed by atoms with Crippen LogP contribution >= 0.6 is 0 Å². The number of carbonyl (C=O) groups is 1. The molecule has 0 aliphatic rings. The van der Waals surface area contributed by atoms with Gasteiger partial charge in [0.2, 0.25) is 0 Å². The Morgan fingerprint density at radius 3 is 2.50 bits per heavy atom. The topological polar surface area (TPSA) is 26.3 Å². The van der Waals surface area contributed by atoms with Gasteiger partial charge in [0.25, 0.3) is 0 Å². The van der Waals surface area contributed by atoms with Crippen LogP contribution in [0.2, 0.25) is 0 Å². The van der Waals surface area contributed by atoms with Gasteiger partial charge < -0.3 is 4.74 Å². The van der Waals surface area contributed by atoms with Gasteiger partial charge in [0.1, 0.15) is 6.61 Å². The Morgan fingerprint density at radius 2 is 1.93 bits per heavy atom. The number of ether oxygens (including phenoxy) is 1. The zero-order valence-electron chi connectivity index (χ0n) is 9.64. The van der Waals surface area contributed by atoms with Crippen LogP contribution in [0.3, 0.4) is 0 Å². The van der Waals surface area contributed by atoms with Crippen LogP contribution < -0.4 is 0 Å². The summed E-state index contributed by atoms with van der Waals surface area (Å²) >= 11 is 0. The minimum atomic E-state index is -0.205. The molecule has 14 heavy (non-hydrogen) atoms. The molecule has 0 saturated heterocycles. The summed E-state index contributed by atoms with van der Waals surface area (Å²) in [6.07, 6.45) is 8.40.